The third-order valence-electron chi connectivity index (χ3n) is 3.79. The molecule has 3 nitrogen and oxygen atoms in total. The fraction of sp³-hybridized carbons (Fsp3) is 0.353. The fourth-order valence-corrected chi connectivity index (χ4v) is 5.04. The van der Waals surface area contributed by atoms with E-state index in [9.17, 15) is 14.4 Å². The van der Waals surface area contributed by atoms with E-state index in [-0.39, 0.29) is 22.3 Å². The molecule has 0 bridgehead atoms. The Morgan fingerprint density at radius 1 is 0.864 bits per heavy atom. The molecule has 2 aliphatic rings. The van der Waals surface area contributed by atoms with Crippen molar-refractivity contribution < 1.29 is 14.4 Å². The highest BCUT2D eigenvalue weighted by Gasteiger charge is 2.39. The maximum atomic E-state index is 12.7. The first-order valence-electron chi connectivity index (χ1n) is 7.09. The van der Waals surface area contributed by atoms with Crippen molar-refractivity contribution in [3.05, 3.63) is 44.7 Å². The lowest BCUT2D eigenvalue weighted by Crippen LogP contribution is -2.31. The molecule has 1 aromatic rings. The summed E-state index contributed by atoms with van der Waals surface area (Å²) in [6.45, 7) is 6.10. The van der Waals surface area contributed by atoms with Crippen molar-refractivity contribution in [2.24, 2.45) is 0 Å². The van der Waals surface area contributed by atoms with Crippen molar-refractivity contribution in [1.82, 2.24) is 0 Å². The van der Waals surface area contributed by atoms with E-state index in [2.05, 4.69) is 0 Å². The minimum atomic E-state index is -0.652. The number of benzene rings is 1. The Balaban J connectivity index is 2.17. The quantitative estimate of drug-likeness (QED) is 0.412. The van der Waals surface area contributed by atoms with Gasteiger partial charge in [0, 0.05) is 22.6 Å². The molecule has 1 heterocycles. The average Bonchev–Trinajstić information content (AvgIpc) is 2.97. The molecule has 0 unspecified atom stereocenters. The Bertz CT molecular complexity index is 731. The summed E-state index contributed by atoms with van der Waals surface area (Å²) in [4.78, 5) is 37.5. The van der Waals surface area contributed by atoms with E-state index in [0.717, 1.165) is 17.1 Å². The monoisotopic (exact) mass is 332 g/mol. The average molecular weight is 332 g/mol. The highest BCUT2D eigenvalue weighted by molar-refractivity contribution is 8.25. The predicted octanol–water partition coefficient (Wildman–Crippen LogP) is 3.62. The fourth-order valence-electron chi connectivity index (χ4n) is 2.51. The molecule has 1 aliphatic heterocycles. The Labute approximate surface area is 137 Å². The summed E-state index contributed by atoms with van der Waals surface area (Å²) in [5, 5.41) is 0. The van der Waals surface area contributed by atoms with Crippen LogP contribution in [0.5, 0.6) is 0 Å². The lowest BCUT2D eigenvalue weighted by Gasteiger charge is -2.23. The molecule has 3 rings (SSSR count). The van der Waals surface area contributed by atoms with E-state index >= 15 is 0 Å². The predicted molar refractivity (Wildman–Crippen MR) is 90.8 cm³/mol. The third-order valence-corrected chi connectivity index (χ3v) is 6.50. The number of allylic oxidation sites excluding steroid dienone is 1. The highest BCUT2D eigenvalue weighted by Crippen LogP contribution is 2.41. The molecular formula is C17H16O3S2. The van der Waals surface area contributed by atoms with Crippen LogP contribution in [0.15, 0.2) is 28.0 Å². The third kappa shape index (κ3) is 2.46. The van der Waals surface area contributed by atoms with Crippen molar-refractivity contribution in [2.45, 2.75) is 26.2 Å². The summed E-state index contributed by atoms with van der Waals surface area (Å²) in [6.07, 6.45) is 0. The smallest absolute Gasteiger partial charge is 0.239 e. The van der Waals surface area contributed by atoms with Gasteiger partial charge in [-0.15, -0.1) is 23.5 Å². The van der Waals surface area contributed by atoms with Gasteiger partial charge in [-0.25, -0.2) is 0 Å². The molecule has 0 aromatic heterocycles. The number of ketones is 3. The second kappa shape index (κ2) is 5.39. The molecule has 1 aliphatic carbocycles. The number of Topliss-reactive ketones (excluding diaryl/α,β-unsaturated/α-hetero) is 3. The first-order chi connectivity index (χ1) is 10.3. The first-order valence-corrected chi connectivity index (χ1v) is 9.06. The van der Waals surface area contributed by atoms with Crippen molar-refractivity contribution in [2.75, 3.05) is 11.5 Å². The van der Waals surface area contributed by atoms with Crippen LogP contribution in [0, 0.1) is 0 Å². The minimum Gasteiger partial charge on any atom is -0.288 e. The maximum absolute atomic E-state index is 12.7. The van der Waals surface area contributed by atoms with Crippen molar-refractivity contribution >= 4 is 40.9 Å². The lowest BCUT2D eigenvalue weighted by molar-refractivity contribution is -0.111. The van der Waals surface area contributed by atoms with Gasteiger partial charge >= 0.3 is 0 Å². The van der Waals surface area contributed by atoms with Gasteiger partial charge in [0.05, 0.1) is 9.81 Å². The van der Waals surface area contributed by atoms with E-state index in [0.29, 0.717) is 9.80 Å². The van der Waals surface area contributed by atoms with Crippen LogP contribution in [0.1, 0.15) is 47.1 Å². The maximum Gasteiger partial charge on any atom is 0.239 e. The number of fused-ring (bicyclic) bond motifs is 1. The highest BCUT2D eigenvalue weighted by atomic mass is 32.2. The van der Waals surface area contributed by atoms with Crippen LogP contribution in [0.25, 0.3) is 0 Å². The molecule has 5 heteroatoms. The summed E-state index contributed by atoms with van der Waals surface area (Å²) in [6, 6.07) is 5.26. The zero-order valence-corrected chi connectivity index (χ0v) is 14.3. The SMILES string of the molecule is CC(C)(C)c1ccc2c(c1)C(=O)C(=O)C(=C1SCCS1)C2=O. The molecule has 0 spiro atoms. The number of rotatable bonds is 0. The molecule has 114 valence electrons. The molecule has 22 heavy (non-hydrogen) atoms. The van der Waals surface area contributed by atoms with Crippen LogP contribution in [0.3, 0.4) is 0 Å². The Morgan fingerprint density at radius 2 is 1.50 bits per heavy atom. The standard InChI is InChI=1S/C17H16O3S2/c1-17(2,3)9-4-5-10-11(8-9)14(19)15(20)12(13(10)18)16-21-6-7-22-16/h4-5,8H,6-7H2,1-3H3. The number of thioether (sulfide) groups is 2. The van der Waals surface area contributed by atoms with E-state index < -0.39 is 11.6 Å². The number of hydrogen-bond acceptors (Lipinski definition) is 5. The van der Waals surface area contributed by atoms with E-state index in [1.165, 1.54) is 23.5 Å². The molecule has 0 radical (unpaired) electrons. The first kappa shape index (κ1) is 15.6. The zero-order valence-electron chi connectivity index (χ0n) is 12.7. The van der Waals surface area contributed by atoms with Crippen molar-refractivity contribution in [3.8, 4) is 0 Å². The van der Waals surface area contributed by atoms with Crippen molar-refractivity contribution in [1.29, 1.82) is 0 Å². The topological polar surface area (TPSA) is 51.2 Å². The number of carbonyl (C=O) groups excluding carboxylic acids is 3. The van der Waals surface area contributed by atoms with Gasteiger partial charge in [0.1, 0.15) is 0 Å². The molecule has 0 N–H and O–H groups in total. The van der Waals surface area contributed by atoms with E-state index in [1.54, 1.807) is 12.1 Å². The Morgan fingerprint density at radius 3 is 2.09 bits per heavy atom. The van der Waals surface area contributed by atoms with Crippen molar-refractivity contribution in [3.63, 3.8) is 0 Å². The Kier molecular flexibility index (Phi) is 3.81. The van der Waals surface area contributed by atoms with Gasteiger partial charge in [0.2, 0.25) is 11.6 Å². The van der Waals surface area contributed by atoms with Gasteiger partial charge in [0.25, 0.3) is 0 Å². The minimum absolute atomic E-state index is 0.0773. The second-order valence-electron chi connectivity index (χ2n) is 6.36. The van der Waals surface area contributed by atoms with Gasteiger partial charge in [0.15, 0.2) is 5.78 Å². The largest absolute Gasteiger partial charge is 0.288 e. The Hall–Kier alpha value is -1.33. The van der Waals surface area contributed by atoms with Gasteiger partial charge in [-0.05, 0) is 23.1 Å². The zero-order chi connectivity index (χ0) is 16.1. The molecule has 1 fully saturated rings. The van der Waals surface area contributed by atoms with Crippen LogP contribution in [0.4, 0.5) is 0 Å². The summed E-state index contributed by atoms with van der Waals surface area (Å²) in [5.41, 5.74) is 1.49. The molecule has 1 saturated heterocycles. The molecule has 0 amide bonds. The van der Waals surface area contributed by atoms with Crippen LogP contribution in [-0.2, 0) is 10.2 Å². The normalized spacial score (nSPS) is 19.0. The summed E-state index contributed by atoms with van der Waals surface area (Å²) in [7, 11) is 0. The summed E-state index contributed by atoms with van der Waals surface area (Å²) in [5.74, 6) is 0.219. The summed E-state index contributed by atoms with van der Waals surface area (Å²) < 4.78 is 0.703. The van der Waals surface area contributed by atoms with Gasteiger partial charge in [-0.1, -0.05) is 26.8 Å². The second-order valence-corrected chi connectivity index (χ2v) is 8.83. The van der Waals surface area contributed by atoms with E-state index in [4.69, 9.17) is 0 Å². The number of hydrogen-bond donors (Lipinski definition) is 0. The van der Waals surface area contributed by atoms with Crippen LogP contribution in [0.2, 0.25) is 0 Å². The van der Waals surface area contributed by atoms with Gasteiger partial charge in [-0.2, -0.15) is 0 Å². The van der Waals surface area contributed by atoms with Crippen LogP contribution in [-0.4, -0.2) is 28.9 Å². The molecule has 0 atom stereocenters. The molecule has 1 aromatic carbocycles. The molecular weight excluding hydrogens is 316 g/mol. The van der Waals surface area contributed by atoms with Gasteiger partial charge < -0.3 is 0 Å². The molecule has 0 saturated carbocycles. The number of carbonyl (C=O) groups is 3. The van der Waals surface area contributed by atoms with Crippen LogP contribution < -0.4 is 0 Å². The summed E-state index contributed by atoms with van der Waals surface area (Å²) >= 11 is 2.98. The van der Waals surface area contributed by atoms with Gasteiger partial charge in [-0.3, -0.25) is 14.4 Å². The lowest BCUT2D eigenvalue weighted by atomic mass is 9.80. The van der Waals surface area contributed by atoms with Crippen LogP contribution >= 0.6 is 23.5 Å². The van der Waals surface area contributed by atoms with E-state index in [1.807, 2.05) is 26.8 Å².